The SMILES string of the molecule is Nc1cc(-c2cccc(S)c2S)nnn1. The van der Waals surface area contributed by atoms with E-state index < -0.39 is 0 Å². The van der Waals surface area contributed by atoms with Crippen molar-refractivity contribution >= 4 is 31.1 Å². The van der Waals surface area contributed by atoms with E-state index in [1.54, 1.807) is 6.07 Å². The maximum atomic E-state index is 5.53. The van der Waals surface area contributed by atoms with Crippen LogP contribution in [-0.2, 0) is 0 Å². The first-order chi connectivity index (χ1) is 7.18. The van der Waals surface area contributed by atoms with E-state index >= 15 is 0 Å². The number of benzene rings is 1. The Morgan fingerprint density at radius 3 is 2.67 bits per heavy atom. The molecule has 0 saturated carbocycles. The summed E-state index contributed by atoms with van der Waals surface area (Å²) in [6.45, 7) is 0. The molecule has 15 heavy (non-hydrogen) atoms. The molecule has 0 radical (unpaired) electrons. The summed E-state index contributed by atoms with van der Waals surface area (Å²) in [6.07, 6.45) is 0. The molecule has 0 fully saturated rings. The summed E-state index contributed by atoms with van der Waals surface area (Å²) < 4.78 is 0. The maximum absolute atomic E-state index is 5.53. The number of nitrogens with zero attached hydrogens (tertiary/aromatic N) is 3. The summed E-state index contributed by atoms with van der Waals surface area (Å²) >= 11 is 8.62. The molecule has 2 N–H and O–H groups in total. The van der Waals surface area contributed by atoms with E-state index in [4.69, 9.17) is 5.73 Å². The molecular formula is C9H8N4S2. The number of hydrogen-bond donors (Lipinski definition) is 3. The molecule has 1 aromatic carbocycles. The van der Waals surface area contributed by atoms with Crippen LogP contribution < -0.4 is 5.73 Å². The van der Waals surface area contributed by atoms with Crippen molar-refractivity contribution in [1.29, 1.82) is 0 Å². The fourth-order valence-corrected chi connectivity index (χ4v) is 1.66. The molecule has 1 aromatic heterocycles. The largest absolute Gasteiger partial charge is 0.382 e. The van der Waals surface area contributed by atoms with Crippen LogP contribution in [0.2, 0.25) is 0 Å². The summed E-state index contributed by atoms with van der Waals surface area (Å²) in [5.41, 5.74) is 7.01. The molecule has 0 atom stereocenters. The predicted octanol–water partition coefficient (Wildman–Crippen LogP) is 1.70. The van der Waals surface area contributed by atoms with Gasteiger partial charge in [-0.25, -0.2) is 0 Å². The Kier molecular flexibility index (Phi) is 2.79. The molecule has 76 valence electrons. The van der Waals surface area contributed by atoms with Crippen LogP contribution in [0.25, 0.3) is 11.3 Å². The van der Waals surface area contributed by atoms with Gasteiger partial charge in [-0.05, 0) is 11.3 Å². The zero-order valence-corrected chi connectivity index (χ0v) is 9.41. The summed E-state index contributed by atoms with van der Waals surface area (Å²) in [6, 6.07) is 7.25. The van der Waals surface area contributed by atoms with Crippen molar-refractivity contribution in [1.82, 2.24) is 15.4 Å². The van der Waals surface area contributed by atoms with Gasteiger partial charge in [0.2, 0.25) is 0 Å². The van der Waals surface area contributed by atoms with Crippen LogP contribution in [-0.4, -0.2) is 15.4 Å². The van der Waals surface area contributed by atoms with Crippen molar-refractivity contribution in [3.8, 4) is 11.3 Å². The zero-order chi connectivity index (χ0) is 10.8. The lowest BCUT2D eigenvalue weighted by atomic mass is 10.1. The van der Waals surface area contributed by atoms with Gasteiger partial charge in [0, 0.05) is 21.4 Å². The molecule has 0 aliphatic carbocycles. The van der Waals surface area contributed by atoms with Gasteiger partial charge in [-0.1, -0.05) is 12.1 Å². The number of nitrogens with two attached hydrogens (primary N) is 1. The maximum Gasteiger partial charge on any atom is 0.150 e. The van der Waals surface area contributed by atoms with Crippen LogP contribution in [0.5, 0.6) is 0 Å². The van der Waals surface area contributed by atoms with Gasteiger partial charge in [0.15, 0.2) is 0 Å². The molecule has 0 unspecified atom stereocenters. The fourth-order valence-electron chi connectivity index (χ4n) is 1.19. The topological polar surface area (TPSA) is 64.7 Å². The normalized spacial score (nSPS) is 10.3. The first kappa shape index (κ1) is 10.3. The summed E-state index contributed by atoms with van der Waals surface area (Å²) in [4.78, 5) is 1.54. The third kappa shape index (κ3) is 2.05. The van der Waals surface area contributed by atoms with Gasteiger partial charge in [-0.3, -0.25) is 0 Å². The molecule has 0 aliphatic heterocycles. The van der Waals surface area contributed by atoms with Gasteiger partial charge >= 0.3 is 0 Å². The van der Waals surface area contributed by atoms with Gasteiger partial charge in [0.25, 0.3) is 0 Å². The molecule has 4 nitrogen and oxygen atoms in total. The summed E-state index contributed by atoms with van der Waals surface area (Å²) in [5.74, 6) is 0.331. The van der Waals surface area contributed by atoms with Crippen molar-refractivity contribution in [2.45, 2.75) is 9.79 Å². The number of aromatic nitrogens is 3. The second-order valence-corrected chi connectivity index (χ2v) is 3.85. The average molecular weight is 236 g/mol. The van der Waals surface area contributed by atoms with E-state index in [2.05, 4.69) is 40.7 Å². The lowest BCUT2D eigenvalue weighted by Crippen LogP contribution is -1.97. The van der Waals surface area contributed by atoms with E-state index in [1.165, 1.54) is 0 Å². The molecule has 2 aromatic rings. The summed E-state index contributed by atoms with van der Waals surface area (Å²) in [5, 5.41) is 11.0. The number of anilines is 1. The van der Waals surface area contributed by atoms with Crippen LogP contribution in [0.4, 0.5) is 5.82 Å². The first-order valence-electron chi connectivity index (χ1n) is 4.15. The lowest BCUT2D eigenvalue weighted by molar-refractivity contribution is 0.877. The smallest absolute Gasteiger partial charge is 0.150 e. The molecule has 0 aliphatic rings. The molecule has 0 saturated heterocycles. The zero-order valence-electron chi connectivity index (χ0n) is 7.62. The predicted molar refractivity (Wildman–Crippen MR) is 64.2 cm³/mol. The van der Waals surface area contributed by atoms with Crippen molar-refractivity contribution in [2.24, 2.45) is 0 Å². The highest BCUT2D eigenvalue weighted by molar-refractivity contribution is 7.83. The van der Waals surface area contributed by atoms with Crippen LogP contribution >= 0.6 is 25.3 Å². The molecule has 2 rings (SSSR count). The van der Waals surface area contributed by atoms with Crippen molar-refractivity contribution in [3.63, 3.8) is 0 Å². The Balaban J connectivity index is 2.59. The van der Waals surface area contributed by atoms with Gasteiger partial charge in [0.05, 0.1) is 5.69 Å². The minimum absolute atomic E-state index is 0.331. The van der Waals surface area contributed by atoms with Crippen molar-refractivity contribution in [2.75, 3.05) is 5.73 Å². The number of nitrogen functional groups attached to an aromatic ring is 1. The highest BCUT2D eigenvalue weighted by atomic mass is 32.1. The minimum atomic E-state index is 0.331. The van der Waals surface area contributed by atoms with E-state index in [9.17, 15) is 0 Å². The second kappa shape index (κ2) is 4.08. The van der Waals surface area contributed by atoms with E-state index in [1.807, 2.05) is 18.2 Å². The molecule has 0 amide bonds. The van der Waals surface area contributed by atoms with Crippen LogP contribution in [0.3, 0.4) is 0 Å². The number of thiol groups is 2. The third-order valence-electron chi connectivity index (χ3n) is 1.89. The molecule has 0 bridgehead atoms. The van der Waals surface area contributed by atoms with Crippen molar-refractivity contribution < 1.29 is 0 Å². The fraction of sp³-hybridized carbons (Fsp3) is 0. The summed E-state index contributed by atoms with van der Waals surface area (Å²) in [7, 11) is 0. The Morgan fingerprint density at radius 2 is 1.93 bits per heavy atom. The van der Waals surface area contributed by atoms with Crippen LogP contribution in [0.1, 0.15) is 0 Å². The second-order valence-electron chi connectivity index (χ2n) is 2.92. The number of rotatable bonds is 1. The Morgan fingerprint density at radius 1 is 1.13 bits per heavy atom. The number of hydrogen-bond acceptors (Lipinski definition) is 6. The molecule has 6 heteroatoms. The molecule has 0 spiro atoms. The molecular weight excluding hydrogens is 228 g/mol. The van der Waals surface area contributed by atoms with Crippen LogP contribution in [0, 0.1) is 0 Å². The average Bonchev–Trinajstić information content (AvgIpc) is 2.22. The molecule has 1 heterocycles. The Labute approximate surface area is 97.7 Å². The van der Waals surface area contributed by atoms with Gasteiger partial charge in [-0.15, -0.1) is 35.5 Å². The van der Waals surface area contributed by atoms with Crippen LogP contribution in [0.15, 0.2) is 34.1 Å². The Hall–Kier alpha value is -1.27. The van der Waals surface area contributed by atoms with Gasteiger partial charge < -0.3 is 5.73 Å². The lowest BCUT2D eigenvalue weighted by Gasteiger charge is -2.05. The standard InChI is InChI=1S/C9H8N4S2/c10-8-4-6(11-13-12-8)5-2-1-3-7(14)9(5)15/h1-4,14-15H,(H2,10,11,12). The van der Waals surface area contributed by atoms with Crippen molar-refractivity contribution in [3.05, 3.63) is 24.3 Å². The monoisotopic (exact) mass is 236 g/mol. The van der Waals surface area contributed by atoms with E-state index in [-0.39, 0.29) is 0 Å². The van der Waals surface area contributed by atoms with E-state index in [0.717, 1.165) is 15.4 Å². The Bertz CT molecular complexity index is 501. The minimum Gasteiger partial charge on any atom is -0.382 e. The quantitative estimate of drug-likeness (QED) is 0.659. The van der Waals surface area contributed by atoms with Gasteiger partial charge in [0.1, 0.15) is 5.82 Å². The van der Waals surface area contributed by atoms with E-state index in [0.29, 0.717) is 11.5 Å². The third-order valence-corrected chi connectivity index (χ3v) is 2.92. The highest BCUT2D eigenvalue weighted by Gasteiger charge is 2.07. The van der Waals surface area contributed by atoms with Gasteiger partial charge in [-0.2, -0.15) is 0 Å². The highest BCUT2D eigenvalue weighted by Crippen LogP contribution is 2.29. The first-order valence-corrected chi connectivity index (χ1v) is 5.05.